The molecule has 3 fully saturated rings. The monoisotopic (exact) mass is 328 g/mol. The van der Waals surface area contributed by atoms with Gasteiger partial charge in [-0.05, 0) is 25.3 Å². The lowest BCUT2D eigenvalue weighted by atomic mass is 9.40. The summed E-state index contributed by atoms with van der Waals surface area (Å²) in [4.78, 5) is 12.8. The molecular formula is C17H14F2N4O. The number of rotatable bonds is 2. The van der Waals surface area contributed by atoms with Crippen molar-refractivity contribution >= 4 is 0 Å². The number of halogens is 2. The van der Waals surface area contributed by atoms with E-state index in [4.69, 9.17) is 5.26 Å². The van der Waals surface area contributed by atoms with E-state index in [1.54, 1.807) is 18.2 Å². The highest BCUT2D eigenvalue weighted by atomic mass is 19.1. The Bertz CT molecular complexity index is 950. The number of hydrogen-bond donors (Lipinski definition) is 0. The molecule has 0 amide bonds. The van der Waals surface area contributed by atoms with Gasteiger partial charge in [0.25, 0.3) is 0 Å². The van der Waals surface area contributed by atoms with E-state index in [2.05, 4.69) is 11.2 Å². The molecule has 1 aromatic heterocycles. The van der Waals surface area contributed by atoms with Gasteiger partial charge < -0.3 is 0 Å². The molecule has 7 heteroatoms. The molecule has 3 saturated carbocycles. The summed E-state index contributed by atoms with van der Waals surface area (Å²) in [7, 11) is 0. The fourth-order valence-corrected chi connectivity index (χ4v) is 4.70. The first kappa shape index (κ1) is 13.9. The molecule has 1 aromatic carbocycles. The first-order chi connectivity index (χ1) is 11.5. The van der Waals surface area contributed by atoms with Gasteiger partial charge in [0.05, 0.1) is 23.1 Å². The lowest BCUT2D eigenvalue weighted by molar-refractivity contribution is -0.155. The van der Waals surface area contributed by atoms with E-state index in [0.29, 0.717) is 24.8 Å². The van der Waals surface area contributed by atoms with Crippen molar-refractivity contribution in [3.05, 3.63) is 52.0 Å². The summed E-state index contributed by atoms with van der Waals surface area (Å²) in [5, 5.41) is 13.4. The van der Waals surface area contributed by atoms with Crippen molar-refractivity contribution in [2.45, 2.75) is 43.4 Å². The molecule has 1 unspecified atom stereocenters. The summed E-state index contributed by atoms with van der Waals surface area (Å²) in [5.41, 5.74) is -0.853. The lowest BCUT2D eigenvalue weighted by Crippen LogP contribution is -2.69. The Morgan fingerprint density at radius 2 is 2.00 bits per heavy atom. The first-order valence-corrected chi connectivity index (χ1v) is 8.00. The maximum absolute atomic E-state index is 14.4. The minimum absolute atomic E-state index is 0.0223. The second-order valence-electron chi connectivity index (χ2n) is 7.31. The SMILES string of the molecule is N#CC12CC(n3nc4n(c3=O)[C@H](c3ccccc3F)CC4F)(C1)C2. The molecule has 0 N–H and O–H groups in total. The Kier molecular flexibility index (Phi) is 2.39. The van der Waals surface area contributed by atoms with Crippen molar-refractivity contribution < 1.29 is 8.78 Å². The molecule has 6 rings (SSSR count). The van der Waals surface area contributed by atoms with Crippen molar-refractivity contribution in [1.29, 1.82) is 5.26 Å². The van der Waals surface area contributed by atoms with Gasteiger partial charge in [-0.2, -0.15) is 10.4 Å². The van der Waals surface area contributed by atoms with Crippen LogP contribution in [0.5, 0.6) is 0 Å². The van der Waals surface area contributed by atoms with Gasteiger partial charge in [0, 0.05) is 12.0 Å². The molecule has 2 heterocycles. The Hall–Kier alpha value is -2.49. The molecule has 2 aromatic rings. The summed E-state index contributed by atoms with van der Waals surface area (Å²) in [5.74, 6) is -0.375. The Morgan fingerprint density at radius 1 is 1.29 bits per heavy atom. The zero-order chi connectivity index (χ0) is 16.7. The number of aromatic nitrogens is 3. The smallest absolute Gasteiger partial charge is 0.269 e. The van der Waals surface area contributed by atoms with Gasteiger partial charge in [-0.15, -0.1) is 0 Å². The number of fused-ring (bicyclic) bond motifs is 1. The van der Waals surface area contributed by atoms with Crippen LogP contribution in [0, 0.1) is 22.6 Å². The van der Waals surface area contributed by atoms with E-state index in [1.807, 2.05) is 0 Å². The van der Waals surface area contributed by atoms with E-state index in [9.17, 15) is 13.6 Å². The minimum atomic E-state index is -1.39. The highest BCUT2D eigenvalue weighted by molar-refractivity contribution is 5.30. The van der Waals surface area contributed by atoms with Crippen LogP contribution in [0.25, 0.3) is 0 Å². The summed E-state index contributed by atoms with van der Waals surface area (Å²) < 4.78 is 31.2. The summed E-state index contributed by atoms with van der Waals surface area (Å²) in [6.45, 7) is 0. The second-order valence-corrected chi connectivity index (χ2v) is 7.31. The van der Waals surface area contributed by atoms with Gasteiger partial charge in [-0.1, -0.05) is 18.2 Å². The normalized spacial score (nSPS) is 35.7. The standard InChI is InChI=1S/C17H14F2N4O/c18-11-4-2-1-3-10(11)13-5-12(19)14-21-23(15(24)22(13)14)17-6-16(7-17,8-17)9-20/h1-4,12-13H,5-8H2/t12?,13-,16?,17?/m0/s1. The molecule has 0 saturated heterocycles. The molecule has 0 spiro atoms. The molecule has 2 atom stereocenters. The van der Waals surface area contributed by atoms with Gasteiger partial charge >= 0.3 is 5.69 Å². The van der Waals surface area contributed by atoms with Crippen molar-refractivity contribution in [2.75, 3.05) is 0 Å². The van der Waals surface area contributed by atoms with Gasteiger partial charge in [0.15, 0.2) is 12.0 Å². The van der Waals surface area contributed by atoms with Gasteiger partial charge in [0.1, 0.15) is 5.82 Å². The topological polar surface area (TPSA) is 63.6 Å². The van der Waals surface area contributed by atoms with Crippen LogP contribution in [0.4, 0.5) is 8.78 Å². The van der Waals surface area contributed by atoms with Crippen LogP contribution in [0.1, 0.15) is 49.3 Å². The van der Waals surface area contributed by atoms with Crippen molar-refractivity contribution in [1.82, 2.24) is 14.3 Å². The van der Waals surface area contributed by atoms with Gasteiger partial charge in [0.2, 0.25) is 0 Å². The third-order valence-electron chi connectivity index (χ3n) is 5.81. The predicted molar refractivity (Wildman–Crippen MR) is 79.4 cm³/mol. The van der Waals surface area contributed by atoms with E-state index in [0.717, 1.165) is 0 Å². The third-order valence-corrected chi connectivity index (χ3v) is 5.81. The first-order valence-electron chi connectivity index (χ1n) is 8.00. The molecule has 1 aliphatic heterocycles. The number of benzene rings is 1. The number of alkyl halides is 1. The Labute approximate surface area is 136 Å². The average molecular weight is 328 g/mol. The van der Waals surface area contributed by atoms with Crippen LogP contribution in [0.2, 0.25) is 0 Å². The van der Waals surface area contributed by atoms with Crippen LogP contribution in [-0.4, -0.2) is 14.3 Å². The van der Waals surface area contributed by atoms with E-state index < -0.39 is 29.3 Å². The van der Waals surface area contributed by atoms with E-state index in [1.165, 1.54) is 15.3 Å². The summed E-state index contributed by atoms with van der Waals surface area (Å²) in [6.07, 6.45) is 0.409. The zero-order valence-corrected chi connectivity index (χ0v) is 12.7. The number of hydrogen-bond acceptors (Lipinski definition) is 3. The van der Waals surface area contributed by atoms with E-state index in [-0.39, 0.29) is 17.7 Å². The number of nitriles is 1. The molecule has 0 radical (unpaired) electrons. The molecule has 4 aliphatic rings. The van der Waals surface area contributed by atoms with E-state index >= 15 is 0 Å². The lowest BCUT2D eigenvalue weighted by Gasteiger charge is -2.65. The highest BCUT2D eigenvalue weighted by Gasteiger charge is 2.71. The van der Waals surface area contributed by atoms with Crippen LogP contribution in [0.3, 0.4) is 0 Å². The second kappa shape index (κ2) is 4.12. The van der Waals surface area contributed by atoms with Gasteiger partial charge in [-0.25, -0.2) is 18.3 Å². The molecule has 3 aliphatic carbocycles. The highest BCUT2D eigenvalue weighted by Crippen LogP contribution is 2.70. The quantitative estimate of drug-likeness (QED) is 0.851. The van der Waals surface area contributed by atoms with Crippen LogP contribution < -0.4 is 5.69 Å². The molecule has 24 heavy (non-hydrogen) atoms. The van der Waals surface area contributed by atoms with Crippen molar-refractivity contribution in [3.63, 3.8) is 0 Å². The fourth-order valence-electron chi connectivity index (χ4n) is 4.70. The molecule has 122 valence electrons. The summed E-state index contributed by atoms with van der Waals surface area (Å²) in [6, 6.07) is 7.75. The van der Waals surface area contributed by atoms with Crippen LogP contribution in [0.15, 0.2) is 29.1 Å². The molecule has 5 nitrogen and oxygen atoms in total. The predicted octanol–water partition coefficient (Wildman–Crippen LogP) is 2.59. The molecular weight excluding hydrogens is 314 g/mol. The van der Waals surface area contributed by atoms with Crippen LogP contribution in [-0.2, 0) is 5.54 Å². The third kappa shape index (κ3) is 1.47. The zero-order valence-electron chi connectivity index (χ0n) is 12.7. The van der Waals surface area contributed by atoms with Gasteiger partial charge in [-0.3, -0.25) is 4.57 Å². The molecule has 2 bridgehead atoms. The Morgan fingerprint density at radius 3 is 2.67 bits per heavy atom. The average Bonchev–Trinajstić information content (AvgIpc) is 2.97. The maximum atomic E-state index is 14.4. The summed E-state index contributed by atoms with van der Waals surface area (Å²) >= 11 is 0. The number of nitrogens with zero attached hydrogens (tertiary/aromatic N) is 4. The van der Waals surface area contributed by atoms with Crippen LogP contribution >= 0.6 is 0 Å². The van der Waals surface area contributed by atoms with Crippen molar-refractivity contribution in [3.8, 4) is 6.07 Å². The largest absolute Gasteiger partial charge is 0.347 e. The fraction of sp³-hybridized carbons (Fsp3) is 0.471. The maximum Gasteiger partial charge on any atom is 0.347 e. The minimum Gasteiger partial charge on any atom is -0.269 e. The van der Waals surface area contributed by atoms with Crippen molar-refractivity contribution in [2.24, 2.45) is 5.41 Å². The Balaban J connectivity index is 1.60.